The van der Waals surface area contributed by atoms with Gasteiger partial charge in [-0.3, -0.25) is 9.59 Å². The lowest BCUT2D eigenvalue weighted by atomic mass is 10.2. The molecule has 7 nitrogen and oxygen atoms in total. The maximum absolute atomic E-state index is 11.9. The number of nitrogens with zero attached hydrogens (tertiary/aromatic N) is 1. The van der Waals surface area contributed by atoms with Crippen LogP contribution < -0.4 is 20.2 Å². The second-order valence-corrected chi connectivity index (χ2v) is 5.65. The Balaban J connectivity index is 1.96. The van der Waals surface area contributed by atoms with Crippen molar-refractivity contribution in [3.05, 3.63) is 53.6 Å². The van der Waals surface area contributed by atoms with Crippen LogP contribution in [0.5, 0.6) is 11.5 Å². The number of carbonyl (C=O) groups is 2. The number of amides is 2. The Kier molecular flexibility index (Phi) is 7.61. The molecule has 0 aliphatic carbocycles. The summed E-state index contributed by atoms with van der Waals surface area (Å²) in [6.45, 7) is 4.35. The van der Waals surface area contributed by atoms with Crippen LogP contribution in [-0.4, -0.2) is 31.2 Å². The standard InChI is InChI=1S/C21H21N3O4/c1-4-12-28-18-11-8-16(13-19(18)27-5-2)14-22-24-21(26)20(25)23-17-9-6-15(3)7-10-17/h1,6-11,13-14H,5,12H2,2-3H3,(H,23,25)(H,24,26)/b22-14-. The molecule has 2 rings (SSSR count). The minimum Gasteiger partial charge on any atom is -0.490 e. The number of aryl methyl sites for hydroxylation is 1. The van der Waals surface area contributed by atoms with Crippen LogP contribution in [0.4, 0.5) is 5.69 Å². The summed E-state index contributed by atoms with van der Waals surface area (Å²) in [6, 6.07) is 12.2. The summed E-state index contributed by atoms with van der Waals surface area (Å²) in [4.78, 5) is 23.7. The molecule has 2 aromatic rings. The number of hydrazone groups is 1. The van der Waals surface area contributed by atoms with Gasteiger partial charge in [0, 0.05) is 5.69 Å². The van der Waals surface area contributed by atoms with Crippen molar-refractivity contribution >= 4 is 23.7 Å². The highest BCUT2D eigenvalue weighted by atomic mass is 16.5. The number of anilines is 1. The number of benzene rings is 2. The van der Waals surface area contributed by atoms with E-state index in [-0.39, 0.29) is 6.61 Å². The Labute approximate surface area is 163 Å². The second-order valence-electron chi connectivity index (χ2n) is 5.65. The Morgan fingerprint density at radius 1 is 1.11 bits per heavy atom. The first kappa shape index (κ1) is 20.5. The van der Waals surface area contributed by atoms with Crippen LogP contribution in [0.3, 0.4) is 0 Å². The van der Waals surface area contributed by atoms with E-state index in [4.69, 9.17) is 15.9 Å². The summed E-state index contributed by atoms with van der Waals surface area (Å²) in [5.74, 6) is 1.72. The zero-order chi connectivity index (χ0) is 20.4. The molecule has 0 spiro atoms. The fourth-order valence-electron chi connectivity index (χ4n) is 2.15. The van der Waals surface area contributed by atoms with Crippen LogP contribution in [0.1, 0.15) is 18.1 Å². The highest BCUT2D eigenvalue weighted by molar-refractivity contribution is 6.39. The Hall–Kier alpha value is -3.79. The maximum Gasteiger partial charge on any atom is 0.329 e. The number of carbonyl (C=O) groups excluding carboxylic acids is 2. The third kappa shape index (κ3) is 6.18. The van der Waals surface area contributed by atoms with E-state index >= 15 is 0 Å². The fraction of sp³-hybridized carbons (Fsp3) is 0.190. The quantitative estimate of drug-likeness (QED) is 0.335. The number of hydrogen-bond donors (Lipinski definition) is 2. The lowest BCUT2D eigenvalue weighted by molar-refractivity contribution is -0.136. The van der Waals surface area contributed by atoms with Crippen molar-refractivity contribution < 1.29 is 19.1 Å². The van der Waals surface area contributed by atoms with Crippen molar-refractivity contribution in [2.24, 2.45) is 5.10 Å². The predicted molar refractivity (Wildman–Crippen MR) is 107 cm³/mol. The molecule has 0 aromatic heterocycles. The number of terminal acetylenes is 1. The summed E-state index contributed by atoms with van der Waals surface area (Å²) in [5, 5.41) is 6.29. The van der Waals surface area contributed by atoms with Crippen molar-refractivity contribution in [1.29, 1.82) is 0 Å². The molecule has 0 atom stereocenters. The Morgan fingerprint density at radius 2 is 1.86 bits per heavy atom. The average molecular weight is 379 g/mol. The van der Waals surface area contributed by atoms with Gasteiger partial charge < -0.3 is 14.8 Å². The average Bonchev–Trinajstić information content (AvgIpc) is 2.69. The molecule has 2 aromatic carbocycles. The van der Waals surface area contributed by atoms with Crippen molar-refractivity contribution in [3.63, 3.8) is 0 Å². The van der Waals surface area contributed by atoms with E-state index in [0.717, 1.165) is 5.56 Å². The third-order valence-corrected chi connectivity index (χ3v) is 3.47. The lowest BCUT2D eigenvalue weighted by Gasteiger charge is -2.10. The maximum atomic E-state index is 11.9. The van der Waals surface area contributed by atoms with E-state index in [9.17, 15) is 9.59 Å². The lowest BCUT2D eigenvalue weighted by Crippen LogP contribution is -2.32. The fourth-order valence-corrected chi connectivity index (χ4v) is 2.15. The van der Waals surface area contributed by atoms with Crippen LogP contribution >= 0.6 is 0 Å². The molecule has 7 heteroatoms. The van der Waals surface area contributed by atoms with E-state index in [0.29, 0.717) is 29.4 Å². The first-order valence-corrected chi connectivity index (χ1v) is 8.57. The smallest absolute Gasteiger partial charge is 0.329 e. The van der Waals surface area contributed by atoms with Gasteiger partial charge in [0.15, 0.2) is 11.5 Å². The molecule has 0 radical (unpaired) electrons. The highest BCUT2D eigenvalue weighted by Gasteiger charge is 2.12. The molecule has 0 aliphatic heterocycles. The van der Waals surface area contributed by atoms with Gasteiger partial charge in [0.1, 0.15) is 6.61 Å². The van der Waals surface area contributed by atoms with Crippen molar-refractivity contribution in [1.82, 2.24) is 5.43 Å². The molecule has 0 saturated heterocycles. The topological polar surface area (TPSA) is 89.0 Å². The van der Waals surface area contributed by atoms with E-state index in [1.165, 1.54) is 6.21 Å². The zero-order valence-corrected chi connectivity index (χ0v) is 15.7. The number of nitrogens with one attached hydrogen (secondary N) is 2. The molecule has 28 heavy (non-hydrogen) atoms. The molecule has 0 bridgehead atoms. The van der Waals surface area contributed by atoms with Crippen LogP contribution in [-0.2, 0) is 9.59 Å². The van der Waals surface area contributed by atoms with Gasteiger partial charge >= 0.3 is 11.8 Å². The molecule has 0 heterocycles. The van der Waals surface area contributed by atoms with Gasteiger partial charge in [-0.05, 0) is 49.7 Å². The van der Waals surface area contributed by atoms with Crippen LogP contribution in [0, 0.1) is 19.3 Å². The molecular formula is C21H21N3O4. The normalized spacial score (nSPS) is 10.2. The van der Waals surface area contributed by atoms with Crippen molar-refractivity contribution in [3.8, 4) is 23.8 Å². The van der Waals surface area contributed by atoms with Gasteiger partial charge in [0.05, 0.1) is 12.8 Å². The first-order valence-electron chi connectivity index (χ1n) is 8.57. The summed E-state index contributed by atoms with van der Waals surface area (Å²) >= 11 is 0. The van der Waals surface area contributed by atoms with Gasteiger partial charge in [0.2, 0.25) is 0 Å². The summed E-state index contributed by atoms with van der Waals surface area (Å²) < 4.78 is 10.9. The van der Waals surface area contributed by atoms with Gasteiger partial charge in [-0.2, -0.15) is 5.10 Å². The number of ether oxygens (including phenoxy) is 2. The van der Waals surface area contributed by atoms with Gasteiger partial charge in [-0.1, -0.05) is 23.6 Å². The van der Waals surface area contributed by atoms with E-state index in [1.54, 1.807) is 30.3 Å². The molecule has 0 aliphatic rings. The van der Waals surface area contributed by atoms with E-state index in [2.05, 4.69) is 21.8 Å². The van der Waals surface area contributed by atoms with Crippen LogP contribution in [0.2, 0.25) is 0 Å². The van der Waals surface area contributed by atoms with Gasteiger partial charge in [0.25, 0.3) is 0 Å². The van der Waals surface area contributed by atoms with Crippen LogP contribution in [0.25, 0.3) is 0 Å². The van der Waals surface area contributed by atoms with Crippen molar-refractivity contribution in [2.75, 3.05) is 18.5 Å². The van der Waals surface area contributed by atoms with Crippen LogP contribution in [0.15, 0.2) is 47.6 Å². The number of hydrogen-bond acceptors (Lipinski definition) is 5. The SMILES string of the molecule is C#CCOc1ccc(/C=N\NC(=O)C(=O)Nc2ccc(C)cc2)cc1OCC. The third-order valence-electron chi connectivity index (χ3n) is 3.47. The Morgan fingerprint density at radius 3 is 2.54 bits per heavy atom. The molecule has 144 valence electrons. The zero-order valence-electron chi connectivity index (χ0n) is 15.7. The van der Waals surface area contributed by atoms with Gasteiger partial charge in [-0.15, -0.1) is 6.42 Å². The predicted octanol–water partition coefficient (Wildman–Crippen LogP) is 2.49. The first-order chi connectivity index (χ1) is 13.5. The highest BCUT2D eigenvalue weighted by Crippen LogP contribution is 2.27. The molecule has 0 unspecified atom stereocenters. The van der Waals surface area contributed by atoms with Gasteiger partial charge in [-0.25, -0.2) is 5.43 Å². The summed E-state index contributed by atoms with van der Waals surface area (Å²) in [5.41, 5.74) is 4.41. The summed E-state index contributed by atoms with van der Waals surface area (Å²) in [7, 11) is 0. The molecular weight excluding hydrogens is 358 g/mol. The van der Waals surface area contributed by atoms with E-state index < -0.39 is 11.8 Å². The summed E-state index contributed by atoms with van der Waals surface area (Å²) in [6.07, 6.45) is 6.59. The monoisotopic (exact) mass is 379 g/mol. The Bertz CT molecular complexity index is 899. The molecule has 0 fully saturated rings. The second kappa shape index (κ2) is 10.4. The molecule has 0 saturated carbocycles. The molecule has 2 amide bonds. The minimum atomic E-state index is -0.879. The van der Waals surface area contributed by atoms with E-state index in [1.807, 2.05) is 26.0 Å². The van der Waals surface area contributed by atoms with Crippen molar-refractivity contribution in [2.45, 2.75) is 13.8 Å². The minimum absolute atomic E-state index is 0.125. The largest absolute Gasteiger partial charge is 0.490 e. The number of rotatable bonds is 7. The molecule has 2 N–H and O–H groups in total.